The highest BCUT2D eigenvalue weighted by Crippen LogP contribution is 2.05. The van der Waals surface area contributed by atoms with Gasteiger partial charge in [-0.25, -0.2) is 0 Å². The first kappa shape index (κ1) is 13.2. The Labute approximate surface area is 98.7 Å². The normalized spacial score (nSPS) is 14.7. The maximum Gasteiger partial charge on any atom is 0.0584 e. The summed E-state index contributed by atoms with van der Waals surface area (Å²) in [5, 5.41) is 12.5. The number of aliphatic hydroxyl groups is 1. The van der Waals surface area contributed by atoms with Crippen LogP contribution in [0.2, 0.25) is 0 Å². The summed E-state index contributed by atoms with van der Waals surface area (Å²) in [6, 6.07) is 11.2. The molecule has 0 aliphatic carbocycles. The van der Waals surface area contributed by atoms with Crippen LogP contribution in [0.3, 0.4) is 0 Å². The highest BCUT2D eigenvalue weighted by atomic mass is 16.3. The van der Waals surface area contributed by atoms with Gasteiger partial charge in [-0.2, -0.15) is 0 Å². The van der Waals surface area contributed by atoms with E-state index in [1.165, 1.54) is 5.56 Å². The van der Waals surface area contributed by atoms with Crippen LogP contribution in [0.1, 0.15) is 32.3 Å². The summed E-state index contributed by atoms with van der Waals surface area (Å²) in [5.74, 6) is 0. The molecule has 1 unspecified atom stereocenters. The van der Waals surface area contributed by atoms with Crippen molar-refractivity contribution >= 4 is 0 Å². The number of benzene rings is 1. The lowest BCUT2D eigenvalue weighted by Crippen LogP contribution is -2.38. The number of rotatable bonds is 7. The highest BCUT2D eigenvalue weighted by molar-refractivity contribution is 5.14. The Morgan fingerprint density at radius 3 is 2.50 bits per heavy atom. The Morgan fingerprint density at radius 1 is 1.25 bits per heavy atom. The lowest BCUT2D eigenvalue weighted by atomic mass is 10.1. The minimum Gasteiger partial charge on any atom is -0.395 e. The van der Waals surface area contributed by atoms with Gasteiger partial charge in [-0.15, -0.1) is 0 Å². The smallest absolute Gasteiger partial charge is 0.0584 e. The van der Waals surface area contributed by atoms with Crippen LogP contribution in [0, 0.1) is 0 Å². The Bertz CT molecular complexity index is 269. The molecule has 0 aliphatic rings. The van der Waals surface area contributed by atoms with E-state index in [0.29, 0.717) is 6.04 Å². The van der Waals surface area contributed by atoms with Crippen LogP contribution in [0.15, 0.2) is 30.3 Å². The number of hydrogen-bond acceptors (Lipinski definition) is 2. The van der Waals surface area contributed by atoms with E-state index in [4.69, 9.17) is 5.11 Å². The molecule has 0 aromatic heterocycles. The molecular formula is C14H23NO. The van der Waals surface area contributed by atoms with Gasteiger partial charge in [-0.3, -0.25) is 0 Å². The van der Waals surface area contributed by atoms with E-state index < -0.39 is 0 Å². The van der Waals surface area contributed by atoms with Crippen molar-refractivity contribution in [1.29, 1.82) is 0 Å². The van der Waals surface area contributed by atoms with Gasteiger partial charge in [-0.1, -0.05) is 37.3 Å². The van der Waals surface area contributed by atoms with Gasteiger partial charge in [0.05, 0.1) is 6.61 Å². The molecular weight excluding hydrogens is 198 g/mol. The number of hydrogen-bond donors (Lipinski definition) is 2. The molecule has 0 spiro atoms. The summed E-state index contributed by atoms with van der Waals surface area (Å²) in [7, 11) is 0. The summed E-state index contributed by atoms with van der Waals surface area (Å²) in [5.41, 5.74) is 1.38. The predicted octanol–water partition coefficient (Wildman–Crippen LogP) is 2.37. The fraction of sp³-hybridized carbons (Fsp3) is 0.571. The van der Waals surface area contributed by atoms with E-state index in [1.54, 1.807) is 0 Å². The molecule has 1 aromatic carbocycles. The number of aliphatic hydroxyl groups excluding tert-OH is 1. The summed E-state index contributed by atoms with van der Waals surface area (Å²) in [6.45, 7) is 4.51. The van der Waals surface area contributed by atoms with E-state index in [-0.39, 0.29) is 12.6 Å². The Kier molecular flexibility index (Phi) is 6.12. The van der Waals surface area contributed by atoms with Crippen LogP contribution >= 0.6 is 0 Å². The Hall–Kier alpha value is -0.860. The van der Waals surface area contributed by atoms with Crippen LogP contribution in [-0.4, -0.2) is 23.8 Å². The zero-order valence-electron chi connectivity index (χ0n) is 10.3. The van der Waals surface area contributed by atoms with Crippen molar-refractivity contribution in [1.82, 2.24) is 5.32 Å². The van der Waals surface area contributed by atoms with E-state index in [9.17, 15) is 0 Å². The summed E-state index contributed by atoms with van der Waals surface area (Å²) in [6.07, 6.45) is 3.18. The second-order valence-electron chi connectivity index (χ2n) is 4.38. The maximum absolute atomic E-state index is 9.10. The fourth-order valence-electron chi connectivity index (χ4n) is 1.81. The highest BCUT2D eigenvalue weighted by Gasteiger charge is 2.08. The van der Waals surface area contributed by atoms with Gasteiger partial charge in [0.25, 0.3) is 0 Å². The first-order chi connectivity index (χ1) is 7.76. The van der Waals surface area contributed by atoms with Crippen molar-refractivity contribution in [3.63, 3.8) is 0 Å². The zero-order valence-corrected chi connectivity index (χ0v) is 10.3. The number of aryl methyl sites for hydroxylation is 1. The van der Waals surface area contributed by atoms with Gasteiger partial charge in [0.1, 0.15) is 0 Å². The topological polar surface area (TPSA) is 32.3 Å². The van der Waals surface area contributed by atoms with Gasteiger partial charge >= 0.3 is 0 Å². The SMILES string of the molecule is CC[C@@H](CO)NC(C)CCc1ccccc1. The molecule has 0 fully saturated rings. The molecule has 1 aromatic rings. The lowest BCUT2D eigenvalue weighted by Gasteiger charge is -2.20. The van der Waals surface area contributed by atoms with Crippen molar-refractivity contribution in [2.45, 2.75) is 45.2 Å². The molecule has 2 nitrogen and oxygen atoms in total. The fourth-order valence-corrected chi connectivity index (χ4v) is 1.81. The molecule has 16 heavy (non-hydrogen) atoms. The molecule has 0 bridgehead atoms. The largest absolute Gasteiger partial charge is 0.395 e. The van der Waals surface area contributed by atoms with Gasteiger partial charge in [0, 0.05) is 12.1 Å². The van der Waals surface area contributed by atoms with E-state index in [1.807, 2.05) is 6.07 Å². The molecule has 2 N–H and O–H groups in total. The zero-order chi connectivity index (χ0) is 11.8. The predicted molar refractivity (Wildman–Crippen MR) is 68.5 cm³/mol. The monoisotopic (exact) mass is 221 g/mol. The van der Waals surface area contributed by atoms with Crippen molar-refractivity contribution in [3.05, 3.63) is 35.9 Å². The van der Waals surface area contributed by atoms with Crippen LogP contribution in [0.25, 0.3) is 0 Å². The molecule has 0 heterocycles. The molecule has 0 radical (unpaired) electrons. The average molecular weight is 221 g/mol. The molecule has 90 valence electrons. The first-order valence-electron chi connectivity index (χ1n) is 6.17. The van der Waals surface area contributed by atoms with Crippen molar-refractivity contribution < 1.29 is 5.11 Å². The molecule has 0 aliphatic heterocycles. The van der Waals surface area contributed by atoms with Crippen molar-refractivity contribution in [2.75, 3.05) is 6.61 Å². The Morgan fingerprint density at radius 2 is 1.94 bits per heavy atom. The molecule has 0 amide bonds. The van der Waals surface area contributed by atoms with Gasteiger partial charge in [0.15, 0.2) is 0 Å². The minimum atomic E-state index is 0.228. The van der Waals surface area contributed by atoms with Gasteiger partial charge < -0.3 is 10.4 Å². The second-order valence-corrected chi connectivity index (χ2v) is 4.38. The van der Waals surface area contributed by atoms with E-state index >= 15 is 0 Å². The van der Waals surface area contributed by atoms with Crippen LogP contribution in [0.4, 0.5) is 0 Å². The van der Waals surface area contributed by atoms with Gasteiger partial charge in [0.2, 0.25) is 0 Å². The summed E-state index contributed by atoms with van der Waals surface area (Å²) < 4.78 is 0. The number of nitrogens with one attached hydrogen (secondary N) is 1. The summed E-state index contributed by atoms with van der Waals surface area (Å²) >= 11 is 0. The second kappa shape index (κ2) is 7.42. The van der Waals surface area contributed by atoms with Crippen LogP contribution in [0.5, 0.6) is 0 Å². The van der Waals surface area contributed by atoms with Crippen LogP contribution in [-0.2, 0) is 6.42 Å². The quantitative estimate of drug-likeness (QED) is 0.741. The molecule has 2 atom stereocenters. The van der Waals surface area contributed by atoms with E-state index in [2.05, 4.69) is 43.4 Å². The van der Waals surface area contributed by atoms with Crippen molar-refractivity contribution in [2.24, 2.45) is 0 Å². The first-order valence-corrected chi connectivity index (χ1v) is 6.17. The summed E-state index contributed by atoms with van der Waals surface area (Å²) in [4.78, 5) is 0. The molecule has 0 saturated heterocycles. The average Bonchev–Trinajstić information content (AvgIpc) is 2.34. The third-order valence-corrected chi connectivity index (χ3v) is 2.94. The van der Waals surface area contributed by atoms with Crippen LogP contribution < -0.4 is 5.32 Å². The Balaban J connectivity index is 2.27. The minimum absolute atomic E-state index is 0.228. The standard InChI is InChI=1S/C14H23NO/c1-3-14(11-16)15-12(2)9-10-13-7-5-4-6-8-13/h4-8,12,14-16H,3,9-11H2,1-2H3/t12?,14-/m0/s1. The van der Waals surface area contributed by atoms with Crippen molar-refractivity contribution in [3.8, 4) is 0 Å². The molecule has 2 heteroatoms. The van der Waals surface area contributed by atoms with Gasteiger partial charge in [-0.05, 0) is 31.7 Å². The molecule has 0 saturated carbocycles. The van der Waals surface area contributed by atoms with E-state index in [0.717, 1.165) is 19.3 Å². The maximum atomic E-state index is 9.10. The third kappa shape index (κ3) is 4.77. The molecule has 1 rings (SSSR count). The third-order valence-electron chi connectivity index (χ3n) is 2.94. The lowest BCUT2D eigenvalue weighted by molar-refractivity contribution is 0.228.